The zero-order valence-electron chi connectivity index (χ0n) is 23.2. The van der Waals surface area contributed by atoms with Crippen LogP contribution in [0.2, 0.25) is 0 Å². The first-order valence-electron chi connectivity index (χ1n) is 13.3. The minimum atomic E-state index is -1.46. The molecule has 0 aromatic heterocycles. The Labute approximate surface area is 237 Å². The van der Waals surface area contributed by atoms with Gasteiger partial charge in [-0.15, -0.1) is 0 Å². The van der Waals surface area contributed by atoms with E-state index in [9.17, 15) is 18.4 Å². The molecular weight excluding hydrogens is 531 g/mol. The average Bonchev–Trinajstić information content (AvgIpc) is 3.35. The van der Waals surface area contributed by atoms with Crippen LogP contribution in [0.4, 0.5) is 13.6 Å². The van der Waals surface area contributed by atoms with Crippen molar-refractivity contribution in [3.8, 4) is 11.1 Å². The lowest BCUT2D eigenvalue weighted by Crippen LogP contribution is -2.41. The summed E-state index contributed by atoms with van der Waals surface area (Å²) in [7, 11) is -1.04. The van der Waals surface area contributed by atoms with Gasteiger partial charge in [0.25, 0.3) is 0 Å². The maximum Gasteiger partial charge on any atom is 0.492 e. The van der Waals surface area contributed by atoms with Crippen molar-refractivity contribution in [3.05, 3.63) is 100 Å². The molecule has 1 aliphatic carbocycles. The quantitative estimate of drug-likeness (QED) is 0.333. The number of halogens is 2. The number of hydrogen-bond donors (Lipinski definition) is 2. The molecule has 1 fully saturated rings. The van der Waals surface area contributed by atoms with Gasteiger partial charge in [-0.25, -0.2) is 18.4 Å². The molecule has 0 spiro atoms. The SMILES string of the molecule is CC1(C)OB(C(=Cc2c(F)cc(C(=O)O)cc2F)CNC(=O)OCC2c3ccccc3-c3ccccc32)OC1(C)C. The summed E-state index contributed by atoms with van der Waals surface area (Å²) in [6.45, 7) is 7.19. The number of nitrogens with one attached hydrogen (secondary N) is 1. The number of fused-ring (bicyclic) bond motifs is 3. The molecule has 10 heteroatoms. The van der Waals surface area contributed by atoms with Crippen LogP contribution in [0.15, 0.2) is 66.1 Å². The summed E-state index contributed by atoms with van der Waals surface area (Å²) in [5, 5.41) is 11.8. The summed E-state index contributed by atoms with van der Waals surface area (Å²) in [5.74, 6) is -3.74. The average molecular weight is 561 g/mol. The third-order valence-electron chi connectivity index (χ3n) is 7.99. The first kappa shape index (κ1) is 28.5. The minimum Gasteiger partial charge on any atom is -0.478 e. The molecule has 212 valence electrons. The Bertz CT molecular complexity index is 1470. The monoisotopic (exact) mass is 561 g/mol. The van der Waals surface area contributed by atoms with E-state index in [4.69, 9.17) is 19.2 Å². The van der Waals surface area contributed by atoms with E-state index in [2.05, 4.69) is 5.32 Å². The van der Waals surface area contributed by atoms with Crippen LogP contribution in [-0.2, 0) is 14.0 Å². The molecule has 0 bridgehead atoms. The molecule has 1 heterocycles. The lowest BCUT2D eigenvalue weighted by atomic mass is 9.77. The first-order chi connectivity index (χ1) is 19.4. The number of amides is 1. The molecule has 2 aliphatic rings. The zero-order chi connectivity index (χ0) is 29.5. The van der Waals surface area contributed by atoms with E-state index in [1.807, 2.05) is 76.2 Å². The van der Waals surface area contributed by atoms with Gasteiger partial charge in [-0.1, -0.05) is 54.6 Å². The van der Waals surface area contributed by atoms with Crippen molar-refractivity contribution in [1.82, 2.24) is 5.32 Å². The van der Waals surface area contributed by atoms with Gasteiger partial charge in [0.1, 0.15) is 18.2 Å². The smallest absolute Gasteiger partial charge is 0.478 e. The molecule has 5 rings (SSSR count). The van der Waals surface area contributed by atoms with Crippen LogP contribution >= 0.6 is 0 Å². The zero-order valence-corrected chi connectivity index (χ0v) is 23.2. The van der Waals surface area contributed by atoms with E-state index in [1.165, 1.54) is 6.08 Å². The van der Waals surface area contributed by atoms with Gasteiger partial charge in [0.05, 0.1) is 16.8 Å². The predicted molar refractivity (Wildman–Crippen MR) is 150 cm³/mol. The van der Waals surface area contributed by atoms with Gasteiger partial charge in [0, 0.05) is 18.0 Å². The standard InChI is InChI=1S/C31H30BF2NO6/c1-30(2)31(3,4)41-32(40-30)19(15-24-26(33)13-18(28(36)37)14-27(24)34)16-35-29(38)39-17-25-22-11-7-5-9-20(22)21-10-6-8-12-23(21)25/h5-15,25H,16-17H2,1-4H3,(H,35,38)(H,36,37). The van der Waals surface area contributed by atoms with Crippen molar-refractivity contribution in [2.45, 2.75) is 44.8 Å². The molecule has 3 aromatic rings. The Morgan fingerprint density at radius 3 is 1.98 bits per heavy atom. The molecule has 0 saturated carbocycles. The second kappa shape index (κ2) is 10.8. The van der Waals surface area contributed by atoms with Gasteiger partial charge in [-0.05, 0) is 67.6 Å². The van der Waals surface area contributed by atoms with Crippen LogP contribution in [0, 0.1) is 11.6 Å². The second-order valence-electron chi connectivity index (χ2n) is 11.1. The number of hydrogen-bond acceptors (Lipinski definition) is 5. The van der Waals surface area contributed by atoms with Crippen molar-refractivity contribution < 1.29 is 37.5 Å². The van der Waals surface area contributed by atoms with Crippen molar-refractivity contribution in [2.75, 3.05) is 13.2 Å². The Kier molecular flexibility index (Phi) is 7.48. The molecule has 7 nitrogen and oxygen atoms in total. The van der Waals surface area contributed by atoms with E-state index in [0.29, 0.717) is 0 Å². The number of carboxylic acid groups (broad SMARTS) is 1. The largest absolute Gasteiger partial charge is 0.492 e. The highest BCUT2D eigenvalue weighted by molar-refractivity contribution is 6.56. The summed E-state index contributed by atoms with van der Waals surface area (Å²) in [4.78, 5) is 24.1. The Morgan fingerprint density at radius 2 is 1.46 bits per heavy atom. The summed E-state index contributed by atoms with van der Waals surface area (Å²) in [6, 6.07) is 17.4. The number of benzene rings is 3. The van der Waals surface area contributed by atoms with Crippen LogP contribution in [0.3, 0.4) is 0 Å². The maximum absolute atomic E-state index is 14.8. The van der Waals surface area contributed by atoms with Crippen molar-refractivity contribution in [2.24, 2.45) is 0 Å². The number of rotatable bonds is 7. The number of ether oxygens (including phenoxy) is 1. The first-order valence-corrected chi connectivity index (χ1v) is 13.3. The summed E-state index contributed by atoms with van der Waals surface area (Å²) in [5.41, 5.74) is 2.03. The highest BCUT2D eigenvalue weighted by Crippen LogP contribution is 2.44. The normalized spacial score (nSPS) is 17.2. The summed E-state index contributed by atoms with van der Waals surface area (Å²) >= 11 is 0. The third kappa shape index (κ3) is 5.49. The van der Waals surface area contributed by atoms with E-state index in [1.54, 1.807) is 0 Å². The lowest BCUT2D eigenvalue weighted by molar-refractivity contribution is 0.00578. The van der Waals surface area contributed by atoms with Crippen molar-refractivity contribution in [3.63, 3.8) is 0 Å². The Balaban J connectivity index is 1.35. The van der Waals surface area contributed by atoms with E-state index >= 15 is 0 Å². The lowest BCUT2D eigenvalue weighted by Gasteiger charge is -2.32. The number of carboxylic acids is 1. The molecule has 0 radical (unpaired) electrons. The third-order valence-corrected chi connectivity index (χ3v) is 7.99. The highest BCUT2D eigenvalue weighted by Gasteiger charge is 2.52. The van der Waals surface area contributed by atoms with E-state index in [-0.39, 0.29) is 24.5 Å². The maximum atomic E-state index is 14.8. The van der Waals surface area contributed by atoms with Crippen LogP contribution in [-0.4, -0.2) is 48.6 Å². The molecule has 2 N–H and O–H groups in total. The fourth-order valence-electron chi connectivity index (χ4n) is 5.05. The second-order valence-corrected chi connectivity index (χ2v) is 11.1. The van der Waals surface area contributed by atoms with Gasteiger partial charge in [-0.3, -0.25) is 0 Å². The molecule has 1 aliphatic heterocycles. The summed E-state index contributed by atoms with van der Waals surface area (Å²) in [6.07, 6.45) is 0.443. The Hall–Kier alpha value is -4.02. The van der Waals surface area contributed by atoms with Gasteiger partial charge in [0.15, 0.2) is 0 Å². The number of aromatic carboxylic acids is 1. The number of carbonyl (C=O) groups excluding carboxylic acids is 1. The van der Waals surface area contributed by atoms with Gasteiger partial charge >= 0.3 is 19.2 Å². The summed E-state index contributed by atoms with van der Waals surface area (Å²) < 4.78 is 47.4. The predicted octanol–water partition coefficient (Wildman–Crippen LogP) is 6.22. The fourth-order valence-corrected chi connectivity index (χ4v) is 5.05. The molecular formula is C31H30BF2NO6. The molecule has 3 aromatic carbocycles. The van der Waals surface area contributed by atoms with Gasteiger partial charge in [0.2, 0.25) is 0 Å². The van der Waals surface area contributed by atoms with Crippen molar-refractivity contribution >= 4 is 25.3 Å². The van der Waals surface area contributed by atoms with Crippen molar-refractivity contribution in [1.29, 1.82) is 0 Å². The van der Waals surface area contributed by atoms with Crippen LogP contribution in [0.1, 0.15) is 60.7 Å². The molecule has 1 amide bonds. The topological polar surface area (TPSA) is 94.1 Å². The highest BCUT2D eigenvalue weighted by atomic mass is 19.1. The van der Waals surface area contributed by atoms with Crippen LogP contribution in [0.25, 0.3) is 17.2 Å². The minimum absolute atomic E-state index is 0.0926. The van der Waals surface area contributed by atoms with Crippen LogP contribution in [0.5, 0.6) is 0 Å². The number of alkyl carbamates (subject to hydrolysis) is 1. The number of carbonyl (C=O) groups is 2. The van der Waals surface area contributed by atoms with Crippen LogP contribution < -0.4 is 5.32 Å². The van der Waals surface area contributed by atoms with E-state index < -0.39 is 53.1 Å². The van der Waals surface area contributed by atoms with E-state index in [0.717, 1.165) is 34.4 Å². The molecule has 0 atom stereocenters. The molecule has 1 saturated heterocycles. The van der Waals surface area contributed by atoms with Gasteiger partial charge < -0.3 is 24.5 Å². The Morgan fingerprint density at radius 1 is 0.951 bits per heavy atom. The fraction of sp³-hybridized carbons (Fsp3) is 0.290. The van der Waals surface area contributed by atoms with Gasteiger partial charge in [-0.2, -0.15) is 0 Å². The molecule has 41 heavy (non-hydrogen) atoms. The molecule has 0 unspecified atom stereocenters.